The van der Waals surface area contributed by atoms with Gasteiger partial charge in [-0.15, -0.1) is 0 Å². The molecular formula is C12H25NO2. The summed E-state index contributed by atoms with van der Waals surface area (Å²) in [5.41, 5.74) is 0. The van der Waals surface area contributed by atoms with Crippen LogP contribution < -0.4 is 5.32 Å². The van der Waals surface area contributed by atoms with E-state index in [1.54, 1.807) is 0 Å². The second kappa shape index (κ2) is 8.08. The third kappa shape index (κ3) is 6.13. The van der Waals surface area contributed by atoms with Crippen molar-refractivity contribution in [3.05, 3.63) is 0 Å². The van der Waals surface area contributed by atoms with Crippen LogP contribution in [0, 0.1) is 0 Å². The zero-order valence-electron chi connectivity index (χ0n) is 10.1. The van der Waals surface area contributed by atoms with E-state index in [1.165, 1.54) is 19.3 Å². The van der Waals surface area contributed by atoms with Crippen LogP contribution in [0.3, 0.4) is 0 Å². The smallest absolute Gasteiger partial charge is 0.0808 e. The molecule has 1 fully saturated rings. The number of ether oxygens (including phenoxy) is 2. The Bertz CT molecular complexity index is 147. The van der Waals surface area contributed by atoms with Gasteiger partial charge in [-0.25, -0.2) is 0 Å². The maximum Gasteiger partial charge on any atom is 0.0808 e. The van der Waals surface area contributed by atoms with Crippen LogP contribution in [0.5, 0.6) is 0 Å². The van der Waals surface area contributed by atoms with Gasteiger partial charge >= 0.3 is 0 Å². The molecule has 0 aromatic rings. The fourth-order valence-corrected chi connectivity index (χ4v) is 1.86. The minimum atomic E-state index is 0.355. The first-order valence-electron chi connectivity index (χ1n) is 6.25. The number of hydrogen-bond donors (Lipinski definition) is 1. The van der Waals surface area contributed by atoms with Gasteiger partial charge in [0.1, 0.15) is 0 Å². The van der Waals surface area contributed by atoms with Crippen LogP contribution in [-0.2, 0) is 9.47 Å². The minimum absolute atomic E-state index is 0.355. The Morgan fingerprint density at radius 2 is 2.33 bits per heavy atom. The molecule has 2 unspecified atom stereocenters. The van der Waals surface area contributed by atoms with Gasteiger partial charge in [-0.1, -0.05) is 6.92 Å². The molecule has 1 aliphatic rings. The van der Waals surface area contributed by atoms with Crippen molar-refractivity contribution < 1.29 is 9.47 Å². The standard InChI is InChI=1S/C12H25NO2/c1-3-13-11(2)7-9-14-10-12-6-4-5-8-15-12/h11-13H,3-10H2,1-2H3. The van der Waals surface area contributed by atoms with Gasteiger partial charge in [0.25, 0.3) is 0 Å². The van der Waals surface area contributed by atoms with E-state index in [0.29, 0.717) is 12.1 Å². The molecule has 1 aliphatic heterocycles. The van der Waals surface area contributed by atoms with E-state index in [4.69, 9.17) is 9.47 Å². The SMILES string of the molecule is CCNC(C)CCOCC1CCCCO1. The summed E-state index contributed by atoms with van der Waals surface area (Å²) in [6, 6.07) is 0.558. The van der Waals surface area contributed by atoms with E-state index in [0.717, 1.165) is 32.8 Å². The molecule has 0 spiro atoms. The predicted octanol–water partition coefficient (Wildman–Crippen LogP) is 1.96. The van der Waals surface area contributed by atoms with Crippen LogP contribution in [-0.4, -0.2) is 38.5 Å². The highest BCUT2D eigenvalue weighted by Crippen LogP contribution is 2.12. The number of nitrogens with one attached hydrogen (secondary N) is 1. The molecule has 0 radical (unpaired) electrons. The number of rotatable bonds is 7. The maximum atomic E-state index is 5.63. The largest absolute Gasteiger partial charge is 0.379 e. The van der Waals surface area contributed by atoms with Crippen LogP contribution in [0.2, 0.25) is 0 Å². The molecule has 15 heavy (non-hydrogen) atoms. The molecule has 1 N–H and O–H groups in total. The fraction of sp³-hybridized carbons (Fsp3) is 1.00. The van der Waals surface area contributed by atoms with Crippen LogP contribution in [0.1, 0.15) is 39.5 Å². The lowest BCUT2D eigenvalue weighted by atomic mass is 10.1. The zero-order valence-corrected chi connectivity index (χ0v) is 10.1. The first-order chi connectivity index (χ1) is 7.33. The molecule has 1 saturated heterocycles. The van der Waals surface area contributed by atoms with E-state index in [9.17, 15) is 0 Å². The lowest BCUT2D eigenvalue weighted by Gasteiger charge is -2.22. The Hall–Kier alpha value is -0.120. The van der Waals surface area contributed by atoms with Gasteiger partial charge in [0.2, 0.25) is 0 Å². The third-order valence-corrected chi connectivity index (χ3v) is 2.83. The van der Waals surface area contributed by atoms with Crippen molar-refractivity contribution in [3.8, 4) is 0 Å². The summed E-state index contributed by atoms with van der Waals surface area (Å²) in [5.74, 6) is 0. The van der Waals surface area contributed by atoms with Gasteiger partial charge in [-0.3, -0.25) is 0 Å². The van der Waals surface area contributed by atoms with Crippen LogP contribution >= 0.6 is 0 Å². The lowest BCUT2D eigenvalue weighted by Crippen LogP contribution is -2.28. The Morgan fingerprint density at radius 3 is 3.00 bits per heavy atom. The average molecular weight is 215 g/mol. The summed E-state index contributed by atoms with van der Waals surface area (Å²) in [5, 5.41) is 3.37. The Kier molecular flexibility index (Phi) is 6.98. The van der Waals surface area contributed by atoms with Crippen molar-refractivity contribution >= 4 is 0 Å². The minimum Gasteiger partial charge on any atom is -0.379 e. The van der Waals surface area contributed by atoms with E-state index >= 15 is 0 Å². The first kappa shape index (κ1) is 12.9. The van der Waals surface area contributed by atoms with Crippen molar-refractivity contribution in [3.63, 3.8) is 0 Å². The van der Waals surface area contributed by atoms with E-state index < -0.39 is 0 Å². The summed E-state index contributed by atoms with van der Waals surface area (Å²) >= 11 is 0. The van der Waals surface area contributed by atoms with Crippen LogP contribution in [0.25, 0.3) is 0 Å². The Balaban J connectivity index is 1.91. The molecule has 3 heteroatoms. The molecule has 0 aromatic heterocycles. The van der Waals surface area contributed by atoms with E-state index in [1.807, 2.05) is 0 Å². The highest BCUT2D eigenvalue weighted by atomic mass is 16.5. The molecule has 2 atom stereocenters. The van der Waals surface area contributed by atoms with Crippen LogP contribution in [0.4, 0.5) is 0 Å². The summed E-state index contributed by atoms with van der Waals surface area (Å²) in [7, 11) is 0. The van der Waals surface area contributed by atoms with Crippen molar-refractivity contribution in [1.82, 2.24) is 5.32 Å². The van der Waals surface area contributed by atoms with Crippen LogP contribution in [0.15, 0.2) is 0 Å². The van der Waals surface area contributed by atoms with Crippen molar-refractivity contribution in [2.24, 2.45) is 0 Å². The van der Waals surface area contributed by atoms with Gasteiger partial charge in [0.05, 0.1) is 12.7 Å². The van der Waals surface area contributed by atoms with Gasteiger partial charge < -0.3 is 14.8 Å². The topological polar surface area (TPSA) is 30.5 Å². The van der Waals surface area contributed by atoms with Crippen molar-refractivity contribution in [1.29, 1.82) is 0 Å². The summed E-state index contributed by atoms with van der Waals surface area (Å²) in [6.45, 7) is 7.90. The maximum absolute atomic E-state index is 5.63. The number of hydrogen-bond acceptors (Lipinski definition) is 3. The van der Waals surface area contributed by atoms with Gasteiger partial charge in [-0.05, 0) is 39.2 Å². The van der Waals surface area contributed by atoms with Crippen molar-refractivity contribution in [2.45, 2.75) is 51.7 Å². The normalized spacial score (nSPS) is 24.0. The van der Waals surface area contributed by atoms with E-state index in [-0.39, 0.29) is 0 Å². The average Bonchev–Trinajstić information content (AvgIpc) is 2.26. The quantitative estimate of drug-likeness (QED) is 0.659. The highest BCUT2D eigenvalue weighted by molar-refractivity contribution is 4.63. The van der Waals surface area contributed by atoms with Gasteiger partial charge in [-0.2, -0.15) is 0 Å². The molecule has 0 aromatic carbocycles. The van der Waals surface area contributed by atoms with Gasteiger partial charge in [0.15, 0.2) is 0 Å². The molecule has 90 valence electrons. The molecule has 1 heterocycles. The highest BCUT2D eigenvalue weighted by Gasteiger charge is 2.13. The molecule has 1 rings (SSSR count). The fourth-order valence-electron chi connectivity index (χ4n) is 1.86. The monoisotopic (exact) mass is 215 g/mol. The molecule has 0 saturated carbocycles. The Morgan fingerprint density at radius 1 is 1.47 bits per heavy atom. The zero-order chi connectivity index (χ0) is 10.9. The second-order valence-corrected chi connectivity index (χ2v) is 4.31. The first-order valence-corrected chi connectivity index (χ1v) is 6.25. The second-order valence-electron chi connectivity index (χ2n) is 4.31. The molecule has 0 bridgehead atoms. The summed E-state index contributed by atoms with van der Waals surface area (Å²) in [4.78, 5) is 0. The third-order valence-electron chi connectivity index (χ3n) is 2.83. The predicted molar refractivity (Wildman–Crippen MR) is 62.2 cm³/mol. The van der Waals surface area contributed by atoms with Gasteiger partial charge in [0, 0.05) is 19.3 Å². The molecular weight excluding hydrogens is 190 g/mol. The van der Waals surface area contributed by atoms with E-state index in [2.05, 4.69) is 19.2 Å². The summed E-state index contributed by atoms with van der Waals surface area (Å²) in [6.07, 6.45) is 5.12. The lowest BCUT2D eigenvalue weighted by molar-refractivity contribution is -0.0416. The Labute approximate surface area is 93.5 Å². The molecule has 0 aliphatic carbocycles. The van der Waals surface area contributed by atoms with Crippen molar-refractivity contribution in [2.75, 3.05) is 26.4 Å². The molecule has 3 nitrogen and oxygen atoms in total. The summed E-state index contributed by atoms with van der Waals surface area (Å²) < 4.78 is 11.2. The molecule has 0 amide bonds.